The third kappa shape index (κ3) is 4.89. The number of halogens is 1. The number of pyridine rings is 1. The van der Waals surface area contributed by atoms with Gasteiger partial charge in [0.05, 0.1) is 0 Å². The Bertz CT molecular complexity index is 615. The molecule has 2 rings (SSSR count). The van der Waals surface area contributed by atoms with Gasteiger partial charge in [-0.25, -0.2) is 9.78 Å². The molecule has 21 heavy (non-hydrogen) atoms. The first kappa shape index (κ1) is 15.0. The van der Waals surface area contributed by atoms with Gasteiger partial charge in [-0.05, 0) is 29.8 Å². The average molecular weight is 305 g/mol. The van der Waals surface area contributed by atoms with Gasteiger partial charge in [-0.2, -0.15) is 0 Å². The van der Waals surface area contributed by atoms with Crippen LogP contribution in [0.3, 0.4) is 0 Å². The van der Waals surface area contributed by atoms with E-state index in [1.165, 1.54) is 12.3 Å². The van der Waals surface area contributed by atoms with Crippen molar-refractivity contribution in [3.8, 4) is 0 Å². The summed E-state index contributed by atoms with van der Waals surface area (Å²) in [6.45, 7) is 0.000136. The van der Waals surface area contributed by atoms with Gasteiger partial charge in [-0.1, -0.05) is 29.8 Å². The summed E-state index contributed by atoms with van der Waals surface area (Å²) in [6.07, 6.45) is 1.48. The maximum Gasteiger partial charge on any atom is 0.357 e. The average Bonchev–Trinajstić information content (AvgIpc) is 2.53. The molecule has 0 atom stereocenters. The van der Waals surface area contributed by atoms with E-state index in [2.05, 4.69) is 10.3 Å². The van der Waals surface area contributed by atoms with Crippen molar-refractivity contribution in [2.45, 2.75) is 6.54 Å². The molecule has 1 aromatic heterocycles. The monoisotopic (exact) mass is 304 g/mol. The summed E-state index contributed by atoms with van der Waals surface area (Å²) in [4.78, 5) is 27.0. The second kappa shape index (κ2) is 7.40. The molecule has 108 valence electrons. The topological polar surface area (TPSA) is 68.3 Å². The van der Waals surface area contributed by atoms with E-state index in [4.69, 9.17) is 16.3 Å². The van der Waals surface area contributed by atoms with Crippen molar-refractivity contribution >= 4 is 23.5 Å². The van der Waals surface area contributed by atoms with Crippen LogP contribution in [-0.4, -0.2) is 23.5 Å². The van der Waals surface area contributed by atoms with E-state index in [-0.39, 0.29) is 18.2 Å². The standard InChI is InChI=1S/C15H13ClN2O3/c16-12-6-4-11(5-7-12)9-18-14(19)10-21-15(20)13-3-1-2-8-17-13/h1-8H,9-10H2,(H,18,19). The highest BCUT2D eigenvalue weighted by Crippen LogP contribution is 2.09. The lowest BCUT2D eigenvalue weighted by atomic mass is 10.2. The second-order valence-corrected chi connectivity index (χ2v) is 4.63. The molecule has 5 nitrogen and oxygen atoms in total. The number of hydrogen-bond acceptors (Lipinski definition) is 4. The van der Waals surface area contributed by atoms with Crippen LogP contribution in [0.15, 0.2) is 48.7 Å². The van der Waals surface area contributed by atoms with Gasteiger partial charge in [0.15, 0.2) is 6.61 Å². The number of nitrogens with one attached hydrogen (secondary N) is 1. The minimum absolute atomic E-state index is 0.169. The van der Waals surface area contributed by atoms with Crippen LogP contribution in [-0.2, 0) is 16.1 Å². The molecule has 0 aliphatic carbocycles. The number of aromatic nitrogens is 1. The van der Waals surface area contributed by atoms with Crippen molar-refractivity contribution in [1.29, 1.82) is 0 Å². The van der Waals surface area contributed by atoms with Crippen molar-refractivity contribution in [2.75, 3.05) is 6.61 Å². The van der Waals surface area contributed by atoms with E-state index in [1.54, 1.807) is 24.3 Å². The first-order chi connectivity index (χ1) is 10.1. The van der Waals surface area contributed by atoms with Crippen LogP contribution >= 0.6 is 11.6 Å². The number of hydrogen-bond donors (Lipinski definition) is 1. The Morgan fingerprint density at radius 3 is 2.57 bits per heavy atom. The van der Waals surface area contributed by atoms with Gasteiger partial charge in [0, 0.05) is 17.8 Å². The predicted octanol–water partition coefficient (Wildman–Crippen LogP) is 2.21. The fraction of sp³-hybridized carbons (Fsp3) is 0.133. The van der Waals surface area contributed by atoms with E-state index in [9.17, 15) is 9.59 Å². The van der Waals surface area contributed by atoms with Crippen molar-refractivity contribution in [3.05, 3.63) is 64.9 Å². The molecule has 0 bridgehead atoms. The lowest BCUT2D eigenvalue weighted by molar-refractivity contribution is -0.124. The zero-order chi connectivity index (χ0) is 15.1. The molecule has 0 unspecified atom stereocenters. The molecule has 1 aromatic carbocycles. The summed E-state index contributed by atoms with van der Waals surface area (Å²) in [5.41, 5.74) is 1.08. The van der Waals surface area contributed by atoms with Gasteiger partial charge in [0.25, 0.3) is 5.91 Å². The summed E-state index contributed by atoms with van der Waals surface area (Å²) in [7, 11) is 0. The first-order valence-electron chi connectivity index (χ1n) is 6.24. The minimum Gasteiger partial charge on any atom is -0.451 e. The number of carbonyl (C=O) groups excluding carboxylic acids is 2. The maximum absolute atomic E-state index is 11.6. The Labute approximate surface area is 126 Å². The highest BCUT2D eigenvalue weighted by atomic mass is 35.5. The SMILES string of the molecule is O=C(COC(=O)c1ccccn1)NCc1ccc(Cl)cc1. The number of rotatable bonds is 5. The molecule has 6 heteroatoms. The second-order valence-electron chi connectivity index (χ2n) is 4.19. The van der Waals surface area contributed by atoms with Crippen molar-refractivity contribution in [3.63, 3.8) is 0 Å². The molecular weight excluding hydrogens is 292 g/mol. The molecule has 0 saturated heterocycles. The molecule has 1 heterocycles. The number of esters is 1. The quantitative estimate of drug-likeness (QED) is 0.860. The third-order valence-corrected chi connectivity index (χ3v) is 2.86. The van der Waals surface area contributed by atoms with Gasteiger partial charge in [-0.15, -0.1) is 0 Å². The molecule has 0 fully saturated rings. The summed E-state index contributed by atoms with van der Waals surface area (Å²) in [5, 5.41) is 3.28. The fourth-order valence-corrected chi connectivity index (χ4v) is 1.67. The Kier molecular flexibility index (Phi) is 5.29. The Morgan fingerprint density at radius 1 is 1.14 bits per heavy atom. The smallest absolute Gasteiger partial charge is 0.357 e. The highest BCUT2D eigenvalue weighted by molar-refractivity contribution is 6.30. The third-order valence-electron chi connectivity index (χ3n) is 2.61. The van der Waals surface area contributed by atoms with Crippen molar-refractivity contribution < 1.29 is 14.3 Å². The van der Waals surface area contributed by atoms with Crippen LogP contribution in [0.4, 0.5) is 0 Å². The largest absolute Gasteiger partial charge is 0.451 e. The van der Waals surface area contributed by atoms with Gasteiger partial charge >= 0.3 is 5.97 Å². The lowest BCUT2D eigenvalue weighted by Gasteiger charge is -2.06. The van der Waals surface area contributed by atoms with Gasteiger partial charge in [-0.3, -0.25) is 4.79 Å². The molecule has 0 aliphatic heterocycles. The number of amides is 1. The Morgan fingerprint density at radius 2 is 1.90 bits per heavy atom. The normalized spacial score (nSPS) is 9.95. The van der Waals surface area contributed by atoms with Gasteiger partial charge in [0.1, 0.15) is 5.69 Å². The van der Waals surface area contributed by atoms with Crippen molar-refractivity contribution in [1.82, 2.24) is 10.3 Å². The van der Waals surface area contributed by atoms with Gasteiger partial charge < -0.3 is 10.1 Å². The zero-order valence-electron chi connectivity index (χ0n) is 11.1. The minimum atomic E-state index is -0.628. The van der Waals surface area contributed by atoms with E-state index >= 15 is 0 Å². The van der Waals surface area contributed by atoms with Crippen molar-refractivity contribution in [2.24, 2.45) is 0 Å². The first-order valence-corrected chi connectivity index (χ1v) is 6.62. The number of carbonyl (C=O) groups is 2. The zero-order valence-corrected chi connectivity index (χ0v) is 11.8. The molecule has 0 saturated carbocycles. The highest BCUT2D eigenvalue weighted by Gasteiger charge is 2.10. The molecule has 0 spiro atoms. The fourth-order valence-electron chi connectivity index (χ4n) is 1.54. The molecular formula is C15H13ClN2O3. The summed E-state index contributed by atoms with van der Waals surface area (Å²) in [6, 6.07) is 12.0. The molecule has 1 amide bonds. The summed E-state index contributed by atoms with van der Waals surface area (Å²) >= 11 is 5.77. The molecule has 0 radical (unpaired) electrons. The van der Waals surface area contributed by atoms with Crippen LogP contribution in [0.1, 0.15) is 16.1 Å². The Hall–Kier alpha value is -2.40. The predicted molar refractivity (Wildman–Crippen MR) is 77.8 cm³/mol. The van der Waals surface area contributed by atoms with Gasteiger partial charge in [0.2, 0.25) is 0 Å². The van der Waals surface area contributed by atoms with Crippen LogP contribution in [0.5, 0.6) is 0 Å². The van der Waals surface area contributed by atoms with Crippen LogP contribution < -0.4 is 5.32 Å². The van der Waals surface area contributed by atoms with E-state index in [0.29, 0.717) is 11.6 Å². The summed E-state index contributed by atoms with van der Waals surface area (Å²) < 4.78 is 4.86. The summed E-state index contributed by atoms with van der Waals surface area (Å²) in [5.74, 6) is -1.01. The lowest BCUT2D eigenvalue weighted by Crippen LogP contribution is -2.28. The number of benzene rings is 1. The number of ether oxygens (including phenoxy) is 1. The van der Waals surface area contributed by atoms with Crippen LogP contribution in [0.2, 0.25) is 5.02 Å². The number of nitrogens with zero attached hydrogens (tertiary/aromatic N) is 1. The van der Waals surface area contributed by atoms with E-state index in [1.807, 2.05) is 12.1 Å². The maximum atomic E-state index is 11.6. The molecule has 0 aliphatic rings. The Balaban J connectivity index is 1.75. The van der Waals surface area contributed by atoms with Crippen LogP contribution in [0, 0.1) is 0 Å². The van der Waals surface area contributed by atoms with E-state index in [0.717, 1.165) is 5.56 Å². The molecule has 1 N–H and O–H groups in total. The van der Waals surface area contributed by atoms with Crippen LogP contribution in [0.25, 0.3) is 0 Å². The van der Waals surface area contributed by atoms with E-state index < -0.39 is 5.97 Å². The molecule has 2 aromatic rings.